The zero-order chi connectivity index (χ0) is 12.7. The van der Waals surface area contributed by atoms with E-state index in [2.05, 4.69) is 0 Å². The van der Waals surface area contributed by atoms with Gasteiger partial charge in [-0.25, -0.2) is 0 Å². The molecular weight excluding hydrogens is 242 g/mol. The number of carbonyl (C=O) groups is 2. The average molecular weight is 261 g/mol. The van der Waals surface area contributed by atoms with E-state index in [1.807, 2.05) is 0 Å². The molecule has 0 radical (unpaired) electrons. The minimum Gasteiger partial charge on any atom is -0.481 e. The van der Waals surface area contributed by atoms with Crippen LogP contribution in [0.1, 0.15) is 12.8 Å². The maximum atomic E-state index is 11.5. The largest absolute Gasteiger partial charge is 0.481 e. The second kappa shape index (κ2) is 7.55. The number of hydrogen-bond donors (Lipinski definition) is 1. The minimum atomic E-state index is -0.891. The maximum Gasteiger partial charge on any atom is 0.313 e. The molecule has 17 heavy (non-hydrogen) atoms. The summed E-state index contributed by atoms with van der Waals surface area (Å²) < 4.78 is 5.43. The third kappa shape index (κ3) is 7.23. The Balaban J connectivity index is 1.98. The smallest absolute Gasteiger partial charge is 0.313 e. The average Bonchev–Trinajstić information content (AvgIpc) is 3.07. The number of nitrogens with zero attached hydrogens (tertiary/aromatic N) is 1. The van der Waals surface area contributed by atoms with Crippen molar-refractivity contribution in [3.63, 3.8) is 0 Å². The number of rotatable bonds is 9. The molecule has 0 aromatic rings. The fraction of sp³-hybridized carbons (Fsp3) is 0.818. The van der Waals surface area contributed by atoms with Gasteiger partial charge in [0.25, 0.3) is 0 Å². The predicted molar refractivity (Wildman–Crippen MR) is 66.1 cm³/mol. The number of ether oxygens (including phenoxy) is 1. The van der Waals surface area contributed by atoms with Crippen LogP contribution >= 0.6 is 11.8 Å². The first-order chi connectivity index (χ1) is 8.09. The van der Waals surface area contributed by atoms with Crippen molar-refractivity contribution in [2.45, 2.75) is 12.8 Å². The molecular formula is C11H19NO4S. The fourth-order valence-corrected chi connectivity index (χ4v) is 1.87. The molecule has 1 rings (SSSR count). The Morgan fingerprint density at radius 3 is 2.71 bits per heavy atom. The Hall–Kier alpha value is -0.750. The second-order valence-electron chi connectivity index (χ2n) is 4.22. The van der Waals surface area contributed by atoms with Crippen LogP contribution < -0.4 is 0 Å². The molecule has 1 fully saturated rings. The summed E-state index contributed by atoms with van der Waals surface area (Å²) in [6, 6.07) is 0. The number of likely N-dealkylation sites (N-methyl/N-ethyl adjacent to an activating group) is 1. The Morgan fingerprint density at radius 2 is 2.12 bits per heavy atom. The van der Waals surface area contributed by atoms with E-state index >= 15 is 0 Å². The van der Waals surface area contributed by atoms with Gasteiger partial charge in [-0.2, -0.15) is 0 Å². The van der Waals surface area contributed by atoms with E-state index < -0.39 is 5.97 Å². The van der Waals surface area contributed by atoms with E-state index in [-0.39, 0.29) is 17.4 Å². The number of thioether (sulfide) groups is 1. The van der Waals surface area contributed by atoms with Gasteiger partial charge in [0, 0.05) is 20.2 Å². The highest BCUT2D eigenvalue weighted by atomic mass is 32.2. The van der Waals surface area contributed by atoms with Crippen LogP contribution in [0.4, 0.5) is 0 Å². The van der Waals surface area contributed by atoms with Gasteiger partial charge in [0.1, 0.15) is 0 Å². The molecule has 5 nitrogen and oxygen atoms in total. The lowest BCUT2D eigenvalue weighted by molar-refractivity contribution is -0.133. The lowest BCUT2D eigenvalue weighted by Crippen LogP contribution is -2.32. The zero-order valence-corrected chi connectivity index (χ0v) is 10.9. The topological polar surface area (TPSA) is 66.8 Å². The van der Waals surface area contributed by atoms with E-state index in [9.17, 15) is 9.59 Å². The van der Waals surface area contributed by atoms with E-state index in [1.165, 1.54) is 12.8 Å². The van der Waals surface area contributed by atoms with Crippen molar-refractivity contribution in [1.29, 1.82) is 0 Å². The molecule has 1 amide bonds. The summed E-state index contributed by atoms with van der Waals surface area (Å²) in [7, 11) is 1.71. The van der Waals surface area contributed by atoms with Gasteiger partial charge in [0.2, 0.25) is 5.91 Å². The number of carbonyl (C=O) groups excluding carboxylic acids is 1. The summed E-state index contributed by atoms with van der Waals surface area (Å²) in [4.78, 5) is 23.4. The van der Waals surface area contributed by atoms with Crippen LogP contribution in [0.15, 0.2) is 0 Å². The molecule has 0 aliphatic heterocycles. The van der Waals surface area contributed by atoms with Crippen LogP contribution in [-0.4, -0.2) is 60.2 Å². The van der Waals surface area contributed by atoms with Gasteiger partial charge in [-0.1, -0.05) is 0 Å². The van der Waals surface area contributed by atoms with Crippen molar-refractivity contribution in [3.05, 3.63) is 0 Å². The summed E-state index contributed by atoms with van der Waals surface area (Å²) in [6.45, 7) is 1.93. The summed E-state index contributed by atoms with van der Waals surface area (Å²) >= 11 is 1.12. The molecule has 98 valence electrons. The quantitative estimate of drug-likeness (QED) is 0.619. The van der Waals surface area contributed by atoms with E-state index in [0.29, 0.717) is 13.2 Å². The highest BCUT2D eigenvalue weighted by Crippen LogP contribution is 2.28. The molecule has 0 unspecified atom stereocenters. The molecule has 0 aromatic carbocycles. The molecule has 0 bridgehead atoms. The van der Waals surface area contributed by atoms with Crippen LogP contribution in [0, 0.1) is 5.92 Å². The minimum absolute atomic E-state index is 0.0300. The summed E-state index contributed by atoms with van der Waals surface area (Å²) in [6.07, 6.45) is 2.53. The van der Waals surface area contributed by atoms with Gasteiger partial charge >= 0.3 is 5.97 Å². The number of aliphatic carboxylic acids is 1. The number of hydrogen-bond acceptors (Lipinski definition) is 4. The SMILES string of the molecule is CN(CCOCC1CC1)C(=O)CSCC(=O)O. The van der Waals surface area contributed by atoms with Crippen molar-refractivity contribution in [2.75, 3.05) is 38.3 Å². The van der Waals surface area contributed by atoms with Crippen molar-refractivity contribution < 1.29 is 19.4 Å². The molecule has 0 atom stereocenters. The van der Waals surface area contributed by atoms with Crippen molar-refractivity contribution >= 4 is 23.6 Å². The molecule has 6 heteroatoms. The molecule has 0 heterocycles. The zero-order valence-electron chi connectivity index (χ0n) is 10.1. The van der Waals surface area contributed by atoms with E-state index in [0.717, 1.165) is 24.3 Å². The van der Waals surface area contributed by atoms with Gasteiger partial charge in [0.05, 0.1) is 18.1 Å². The van der Waals surface area contributed by atoms with Gasteiger partial charge < -0.3 is 14.7 Å². The molecule has 1 aliphatic rings. The van der Waals surface area contributed by atoms with E-state index in [1.54, 1.807) is 11.9 Å². The maximum absolute atomic E-state index is 11.5. The van der Waals surface area contributed by atoms with Crippen molar-refractivity contribution in [3.8, 4) is 0 Å². The third-order valence-corrected chi connectivity index (χ3v) is 3.40. The highest BCUT2D eigenvalue weighted by Gasteiger charge is 2.21. The van der Waals surface area contributed by atoms with E-state index in [4.69, 9.17) is 9.84 Å². The summed E-state index contributed by atoms with van der Waals surface area (Å²) in [5, 5.41) is 8.43. The van der Waals surface area contributed by atoms with Crippen LogP contribution in [0.5, 0.6) is 0 Å². The number of amides is 1. The van der Waals surface area contributed by atoms with Gasteiger partial charge in [-0.3, -0.25) is 9.59 Å². The Morgan fingerprint density at radius 1 is 1.41 bits per heavy atom. The first kappa shape index (κ1) is 14.3. The summed E-state index contributed by atoms with van der Waals surface area (Å²) in [5.74, 6) is -0.0185. The fourth-order valence-electron chi connectivity index (χ4n) is 1.20. The third-order valence-electron chi connectivity index (χ3n) is 2.50. The Labute approximate surface area is 105 Å². The molecule has 1 aliphatic carbocycles. The van der Waals surface area contributed by atoms with Crippen LogP contribution in [0.25, 0.3) is 0 Å². The van der Waals surface area contributed by atoms with Gasteiger partial charge in [0.15, 0.2) is 0 Å². The highest BCUT2D eigenvalue weighted by molar-refractivity contribution is 8.00. The monoisotopic (exact) mass is 261 g/mol. The molecule has 0 spiro atoms. The Kier molecular flexibility index (Phi) is 6.36. The summed E-state index contributed by atoms with van der Waals surface area (Å²) in [5.41, 5.74) is 0. The second-order valence-corrected chi connectivity index (χ2v) is 5.21. The lowest BCUT2D eigenvalue weighted by atomic mass is 10.5. The normalized spacial score (nSPS) is 14.6. The van der Waals surface area contributed by atoms with Crippen LogP contribution in [0.2, 0.25) is 0 Å². The van der Waals surface area contributed by atoms with Crippen molar-refractivity contribution in [2.24, 2.45) is 5.92 Å². The molecule has 1 N–H and O–H groups in total. The van der Waals surface area contributed by atoms with Crippen LogP contribution in [-0.2, 0) is 14.3 Å². The first-order valence-electron chi connectivity index (χ1n) is 5.71. The molecule has 0 saturated heterocycles. The lowest BCUT2D eigenvalue weighted by Gasteiger charge is -2.16. The van der Waals surface area contributed by atoms with Gasteiger partial charge in [-0.05, 0) is 18.8 Å². The molecule has 1 saturated carbocycles. The first-order valence-corrected chi connectivity index (χ1v) is 6.86. The predicted octanol–water partition coefficient (Wildman–Crippen LogP) is 0.689. The number of carboxylic acids is 1. The van der Waals surface area contributed by atoms with Crippen molar-refractivity contribution in [1.82, 2.24) is 4.90 Å². The van der Waals surface area contributed by atoms with Crippen LogP contribution in [0.3, 0.4) is 0 Å². The van der Waals surface area contributed by atoms with Gasteiger partial charge in [-0.15, -0.1) is 11.8 Å². The Bertz CT molecular complexity index is 268. The standard InChI is InChI=1S/C11H19NO4S/c1-12(4-5-16-6-9-2-3-9)10(13)7-17-8-11(14)15/h9H,2-8H2,1H3,(H,14,15). The molecule has 0 aromatic heterocycles. The number of carboxylic acid groups (broad SMARTS) is 1.